The van der Waals surface area contributed by atoms with Gasteiger partial charge in [-0.15, -0.1) is 11.3 Å². The van der Waals surface area contributed by atoms with Crippen LogP contribution in [-0.4, -0.2) is 16.0 Å². The summed E-state index contributed by atoms with van der Waals surface area (Å²) in [5, 5.41) is 19.8. The summed E-state index contributed by atoms with van der Waals surface area (Å²) >= 11 is 1.59. The van der Waals surface area contributed by atoms with Gasteiger partial charge in [-0.05, 0) is 24.6 Å². The number of nitro groups is 1. The Morgan fingerprint density at radius 2 is 2.05 bits per heavy atom. The third kappa shape index (κ3) is 3.57. The number of nitro benzene ring substituents is 1. The Labute approximate surface area is 124 Å². The minimum absolute atomic E-state index is 0.125. The zero-order chi connectivity index (χ0) is 15.4. The molecule has 0 aliphatic heterocycles. The fraction of sp³-hybridized carbons (Fsp3) is 0.214. The van der Waals surface area contributed by atoms with Gasteiger partial charge in [-0.1, -0.05) is 6.92 Å². The third-order valence-electron chi connectivity index (χ3n) is 2.84. The number of aromatic carboxylic acids is 1. The van der Waals surface area contributed by atoms with Gasteiger partial charge in [-0.3, -0.25) is 10.1 Å². The van der Waals surface area contributed by atoms with Crippen LogP contribution in [0.4, 0.5) is 5.69 Å². The Morgan fingerprint density at radius 3 is 2.62 bits per heavy atom. The highest BCUT2D eigenvalue weighted by atomic mass is 32.1. The molecule has 0 spiro atoms. The summed E-state index contributed by atoms with van der Waals surface area (Å²) in [7, 11) is 0. The zero-order valence-electron chi connectivity index (χ0n) is 11.2. The van der Waals surface area contributed by atoms with Crippen molar-refractivity contribution < 1.29 is 19.6 Å². The van der Waals surface area contributed by atoms with Crippen molar-refractivity contribution in [3.8, 4) is 5.75 Å². The molecule has 21 heavy (non-hydrogen) atoms. The third-order valence-corrected chi connectivity index (χ3v) is 4.04. The van der Waals surface area contributed by atoms with Crippen LogP contribution in [-0.2, 0) is 13.0 Å². The van der Waals surface area contributed by atoms with Crippen LogP contribution in [0.3, 0.4) is 0 Å². The predicted octanol–water partition coefficient (Wildman–Crippen LogP) is 3.50. The minimum atomic E-state index is -1.26. The molecule has 0 bridgehead atoms. The van der Waals surface area contributed by atoms with Crippen LogP contribution in [0.5, 0.6) is 5.75 Å². The highest BCUT2D eigenvalue weighted by Gasteiger charge is 2.17. The van der Waals surface area contributed by atoms with E-state index < -0.39 is 10.9 Å². The van der Waals surface area contributed by atoms with E-state index in [0.717, 1.165) is 17.4 Å². The van der Waals surface area contributed by atoms with Crippen molar-refractivity contribution in [2.75, 3.05) is 0 Å². The van der Waals surface area contributed by atoms with E-state index in [1.54, 1.807) is 11.3 Å². The fourth-order valence-corrected chi connectivity index (χ4v) is 2.63. The number of rotatable bonds is 6. The molecule has 0 aliphatic carbocycles. The summed E-state index contributed by atoms with van der Waals surface area (Å²) in [6.07, 6.45) is 0.933. The molecule has 0 saturated carbocycles. The Morgan fingerprint density at radius 1 is 1.33 bits per heavy atom. The summed E-state index contributed by atoms with van der Waals surface area (Å²) in [4.78, 5) is 23.4. The molecule has 0 aliphatic rings. The number of carboxylic acids is 1. The van der Waals surface area contributed by atoms with Gasteiger partial charge in [0.05, 0.1) is 4.92 Å². The van der Waals surface area contributed by atoms with Gasteiger partial charge in [0.2, 0.25) is 0 Å². The number of thiophene rings is 1. The maximum absolute atomic E-state index is 11.2. The molecule has 0 saturated heterocycles. The molecule has 1 heterocycles. The molecule has 0 fully saturated rings. The molecule has 0 unspecified atom stereocenters. The molecule has 1 aromatic carbocycles. The van der Waals surface area contributed by atoms with Gasteiger partial charge in [0.25, 0.3) is 5.69 Å². The first-order valence-electron chi connectivity index (χ1n) is 6.23. The van der Waals surface area contributed by atoms with Crippen molar-refractivity contribution in [1.29, 1.82) is 0 Å². The Bertz CT molecular complexity index is 680. The van der Waals surface area contributed by atoms with Gasteiger partial charge in [0.15, 0.2) is 0 Å². The first kappa shape index (κ1) is 15.0. The van der Waals surface area contributed by atoms with Crippen molar-refractivity contribution in [3.05, 3.63) is 55.8 Å². The largest absolute Gasteiger partial charge is 0.487 e. The molecule has 2 aromatic rings. The molecular formula is C14H13NO5S. The normalized spacial score (nSPS) is 10.3. The number of carbonyl (C=O) groups is 1. The topological polar surface area (TPSA) is 89.7 Å². The number of hydrogen-bond acceptors (Lipinski definition) is 5. The molecule has 2 rings (SSSR count). The number of nitrogens with zero attached hydrogens (tertiary/aromatic N) is 1. The van der Waals surface area contributed by atoms with E-state index in [1.807, 2.05) is 12.1 Å². The smallest absolute Gasteiger partial charge is 0.339 e. The van der Waals surface area contributed by atoms with Crippen LogP contribution in [0.1, 0.15) is 27.0 Å². The molecule has 1 N–H and O–H groups in total. The lowest BCUT2D eigenvalue weighted by molar-refractivity contribution is -0.384. The van der Waals surface area contributed by atoms with Gasteiger partial charge in [-0.2, -0.15) is 0 Å². The standard InChI is InChI=1S/C14H13NO5S/c1-2-10-4-5-11(21-10)8-20-13-6-3-9(15(18)19)7-12(13)14(16)17/h3-7H,2,8H2,1H3,(H,16,17). The lowest BCUT2D eigenvalue weighted by atomic mass is 10.2. The van der Waals surface area contributed by atoms with E-state index in [2.05, 4.69) is 6.92 Å². The Balaban J connectivity index is 2.19. The van der Waals surface area contributed by atoms with Crippen molar-refractivity contribution in [3.63, 3.8) is 0 Å². The molecule has 0 radical (unpaired) electrons. The van der Waals surface area contributed by atoms with Crippen molar-refractivity contribution in [2.45, 2.75) is 20.0 Å². The van der Waals surface area contributed by atoms with E-state index in [0.29, 0.717) is 0 Å². The molecule has 6 nitrogen and oxygen atoms in total. The maximum atomic E-state index is 11.2. The molecule has 0 atom stereocenters. The Kier molecular flexibility index (Phi) is 4.54. The second-order valence-electron chi connectivity index (χ2n) is 4.25. The molecular weight excluding hydrogens is 294 g/mol. The van der Waals surface area contributed by atoms with E-state index in [9.17, 15) is 14.9 Å². The van der Waals surface area contributed by atoms with Crippen molar-refractivity contribution >= 4 is 23.0 Å². The summed E-state index contributed by atoms with van der Waals surface area (Å²) in [6.45, 7) is 2.29. The number of aryl methyl sites for hydroxylation is 1. The van der Waals surface area contributed by atoms with E-state index in [1.165, 1.54) is 17.0 Å². The number of carboxylic acid groups (broad SMARTS) is 1. The number of hydrogen-bond donors (Lipinski definition) is 1. The van der Waals surface area contributed by atoms with Crippen LogP contribution in [0.25, 0.3) is 0 Å². The first-order chi connectivity index (χ1) is 10.0. The molecule has 110 valence electrons. The monoisotopic (exact) mass is 307 g/mol. The summed E-state index contributed by atoms with van der Waals surface area (Å²) in [5.74, 6) is -1.13. The summed E-state index contributed by atoms with van der Waals surface area (Å²) in [5.41, 5.74) is -0.486. The van der Waals surface area contributed by atoms with Crippen LogP contribution >= 0.6 is 11.3 Å². The van der Waals surface area contributed by atoms with Crippen molar-refractivity contribution in [2.24, 2.45) is 0 Å². The van der Waals surface area contributed by atoms with Gasteiger partial charge in [-0.25, -0.2) is 4.79 Å². The van der Waals surface area contributed by atoms with Gasteiger partial charge >= 0.3 is 5.97 Å². The van der Waals surface area contributed by atoms with Crippen LogP contribution in [0.2, 0.25) is 0 Å². The lowest BCUT2D eigenvalue weighted by Gasteiger charge is -2.07. The van der Waals surface area contributed by atoms with E-state index >= 15 is 0 Å². The number of ether oxygens (including phenoxy) is 1. The SMILES string of the molecule is CCc1ccc(COc2ccc([N+](=O)[O-])cc2C(=O)O)s1. The fourth-order valence-electron chi connectivity index (χ4n) is 1.76. The van der Waals surface area contributed by atoms with Gasteiger partial charge < -0.3 is 9.84 Å². The maximum Gasteiger partial charge on any atom is 0.339 e. The minimum Gasteiger partial charge on any atom is -0.487 e. The quantitative estimate of drug-likeness (QED) is 0.651. The highest BCUT2D eigenvalue weighted by molar-refractivity contribution is 7.11. The van der Waals surface area contributed by atoms with Gasteiger partial charge in [0, 0.05) is 21.9 Å². The average molecular weight is 307 g/mol. The average Bonchev–Trinajstić information content (AvgIpc) is 2.92. The van der Waals surface area contributed by atoms with E-state index in [-0.39, 0.29) is 23.6 Å². The number of benzene rings is 1. The first-order valence-corrected chi connectivity index (χ1v) is 7.05. The second kappa shape index (κ2) is 6.36. The lowest BCUT2D eigenvalue weighted by Crippen LogP contribution is -2.04. The molecule has 0 amide bonds. The van der Waals surface area contributed by atoms with Crippen LogP contribution in [0, 0.1) is 10.1 Å². The summed E-state index contributed by atoms with van der Waals surface area (Å²) in [6, 6.07) is 7.47. The second-order valence-corrected chi connectivity index (χ2v) is 5.51. The summed E-state index contributed by atoms with van der Waals surface area (Å²) < 4.78 is 5.48. The highest BCUT2D eigenvalue weighted by Crippen LogP contribution is 2.26. The zero-order valence-corrected chi connectivity index (χ0v) is 12.1. The van der Waals surface area contributed by atoms with Crippen LogP contribution < -0.4 is 4.74 Å². The van der Waals surface area contributed by atoms with E-state index in [4.69, 9.17) is 9.84 Å². The van der Waals surface area contributed by atoms with Gasteiger partial charge in [0.1, 0.15) is 17.9 Å². The van der Waals surface area contributed by atoms with Crippen LogP contribution in [0.15, 0.2) is 30.3 Å². The number of non-ortho nitro benzene ring substituents is 1. The Hall–Kier alpha value is -2.41. The van der Waals surface area contributed by atoms with Crippen molar-refractivity contribution in [1.82, 2.24) is 0 Å². The molecule has 7 heteroatoms. The predicted molar refractivity (Wildman–Crippen MR) is 78.1 cm³/mol. The molecule has 1 aromatic heterocycles.